The minimum Gasteiger partial charge on any atom is -0.462 e. The van der Waals surface area contributed by atoms with Gasteiger partial charge < -0.3 is 67.4 Å². The molecule has 0 saturated carbocycles. The van der Waals surface area contributed by atoms with Crippen LogP contribution in [0.5, 0.6) is 0 Å². The van der Waals surface area contributed by atoms with E-state index in [1.54, 1.807) is 34.6 Å². The largest absolute Gasteiger partial charge is 0.462 e. The fourth-order valence-corrected chi connectivity index (χ4v) is 10.8. The number of hydrogen-bond donors (Lipinski definition) is 1. The summed E-state index contributed by atoms with van der Waals surface area (Å²) in [5.41, 5.74) is 0. The van der Waals surface area contributed by atoms with Gasteiger partial charge in [-0.25, -0.2) is 0 Å². The van der Waals surface area contributed by atoms with Crippen molar-refractivity contribution in [2.75, 3.05) is 192 Å². The van der Waals surface area contributed by atoms with Crippen LogP contribution in [0.25, 0.3) is 0 Å². The van der Waals surface area contributed by atoms with Gasteiger partial charge in [0.1, 0.15) is 71.5 Å². The Morgan fingerprint density at radius 1 is 0.337 bits per heavy atom. The number of ether oxygens (including phenoxy) is 10. The van der Waals surface area contributed by atoms with E-state index >= 15 is 0 Å². The summed E-state index contributed by atoms with van der Waals surface area (Å²) in [6.45, 7) is 12.4. The highest BCUT2D eigenvalue weighted by Gasteiger charge is 2.21. The highest BCUT2D eigenvalue weighted by molar-refractivity contribution is 8.03. The molecule has 0 aliphatic carbocycles. The summed E-state index contributed by atoms with van der Waals surface area (Å²) in [5, 5.41) is 14.1. The van der Waals surface area contributed by atoms with E-state index in [0.29, 0.717) is 88.1 Å². The van der Waals surface area contributed by atoms with Crippen LogP contribution in [0.15, 0.2) is 0 Å². The van der Waals surface area contributed by atoms with Crippen molar-refractivity contribution in [2.45, 2.75) is 86.0 Å². The number of nitrogens with zero attached hydrogens (tertiary/aromatic N) is 4. The number of nitriles is 1. The lowest BCUT2D eigenvalue weighted by molar-refractivity contribution is -0.154. The van der Waals surface area contributed by atoms with Crippen molar-refractivity contribution >= 4 is 119 Å². The van der Waals surface area contributed by atoms with Crippen LogP contribution in [-0.4, -0.2) is 266 Å². The molecule has 0 rings (SSSR count). The molecule has 512 valence electrons. The zero-order valence-electron chi connectivity index (χ0n) is 53.9. The molecule has 0 aromatic rings. The predicted molar refractivity (Wildman–Crippen MR) is 346 cm³/mol. The van der Waals surface area contributed by atoms with Gasteiger partial charge in [-0.05, 0) is 95.3 Å². The van der Waals surface area contributed by atoms with Gasteiger partial charge in [0.25, 0.3) is 0 Å². The van der Waals surface area contributed by atoms with Gasteiger partial charge in [0.15, 0.2) is 0 Å². The molecule has 0 saturated heterocycles. The minimum atomic E-state index is -0.519. The molecule has 5 unspecified atom stereocenters. The molecule has 0 amide bonds. The first-order valence-electron chi connectivity index (χ1n) is 30.2. The fraction of sp³-hybridized carbons (Fsp3) is 0.814. The van der Waals surface area contributed by atoms with E-state index in [9.17, 15) is 47.9 Å². The van der Waals surface area contributed by atoms with Crippen LogP contribution in [0.2, 0.25) is 0 Å². The van der Waals surface area contributed by atoms with E-state index in [1.165, 1.54) is 47.0 Å². The van der Waals surface area contributed by atoms with E-state index in [2.05, 4.69) is 10.2 Å². The molecule has 0 aromatic heterocycles. The summed E-state index contributed by atoms with van der Waals surface area (Å²) in [5.74, 6) is -3.47. The summed E-state index contributed by atoms with van der Waals surface area (Å²) >= 11 is 7.05. The molecule has 25 nitrogen and oxygen atoms in total. The molecular weight excluding hydrogens is 1260 g/mol. The Morgan fingerprint density at radius 3 is 0.787 bits per heavy atom. The van der Waals surface area contributed by atoms with Crippen molar-refractivity contribution in [1.29, 1.82) is 5.26 Å². The summed E-state index contributed by atoms with van der Waals surface area (Å²) in [7, 11) is 0. The van der Waals surface area contributed by atoms with Crippen molar-refractivity contribution in [1.82, 2.24) is 20.0 Å². The minimum absolute atomic E-state index is 0.00249. The van der Waals surface area contributed by atoms with Crippen molar-refractivity contribution < 1.29 is 95.3 Å². The molecule has 0 spiro atoms. The number of thiocyanates is 1. The summed E-state index contributed by atoms with van der Waals surface area (Å²) in [6, 6.07) is 0. The molecule has 89 heavy (non-hydrogen) atoms. The highest BCUT2D eigenvalue weighted by Crippen LogP contribution is 2.12. The third kappa shape index (κ3) is 48.2. The smallest absolute Gasteiger partial charge is 0.309 e. The van der Waals surface area contributed by atoms with Crippen LogP contribution >= 0.6 is 58.8 Å². The topological polar surface area (TPSA) is 309 Å². The molecule has 5 atom stereocenters. The lowest BCUT2D eigenvalue weighted by atomic mass is 10.2. The van der Waals surface area contributed by atoms with Gasteiger partial charge in [-0.2, -0.15) is 52.3 Å². The highest BCUT2D eigenvalue weighted by atomic mass is 32.2. The predicted octanol–water partition coefficient (Wildman–Crippen LogP) is 4.88. The molecule has 0 radical (unpaired) electrons. The van der Waals surface area contributed by atoms with Crippen LogP contribution in [0, 0.1) is 40.3 Å². The van der Waals surface area contributed by atoms with E-state index < -0.39 is 41.7 Å². The summed E-state index contributed by atoms with van der Waals surface area (Å²) in [6.07, 6.45) is 9.51. The van der Waals surface area contributed by atoms with Crippen molar-refractivity contribution in [3.63, 3.8) is 0 Å². The maximum atomic E-state index is 12.9. The Labute approximate surface area is 548 Å². The van der Waals surface area contributed by atoms with Crippen LogP contribution < -0.4 is 5.32 Å². The van der Waals surface area contributed by atoms with Crippen LogP contribution in [0.1, 0.15) is 86.0 Å². The Morgan fingerprint density at radius 2 is 0.551 bits per heavy atom. The van der Waals surface area contributed by atoms with E-state index in [1.807, 2.05) is 40.2 Å². The van der Waals surface area contributed by atoms with Crippen LogP contribution in [0.4, 0.5) is 0 Å². The van der Waals surface area contributed by atoms with E-state index in [-0.39, 0.29) is 178 Å². The van der Waals surface area contributed by atoms with Gasteiger partial charge in [-0.1, -0.05) is 34.6 Å². The number of carbonyl (C=O) groups excluding carboxylic acids is 10. The molecule has 30 heteroatoms. The number of esters is 10. The van der Waals surface area contributed by atoms with Crippen molar-refractivity contribution in [2.24, 2.45) is 29.6 Å². The Bertz CT molecular complexity index is 2020. The van der Waals surface area contributed by atoms with Gasteiger partial charge in [-0.15, -0.1) is 0 Å². The quantitative estimate of drug-likeness (QED) is 0.0367. The lowest BCUT2D eigenvalue weighted by Crippen LogP contribution is -2.35. The first-order chi connectivity index (χ1) is 42.7. The third-order valence-corrected chi connectivity index (χ3v) is 16.9. The van der Waals surface area contributed by atoms with Crippen LogP contribution in [-0.2, 0) is 95.3 Å². The molecule has 0 heterocycles. The monoisotopic (exact) mass is 1360 g/mol. The first kappa shape index (κ1) is 84.8. The second kappa shape index (κ2) is 56.5. The van der Waals surface area contributed by atoms with Crippen molar-refractivity contribution in [3.8, 4) is 5.40 Å². The molecule has 0 aliphatic heterocycles. The van der Waals surface area contributed by atoms with Gasteiger partial charge in [-0.3, -0.25) is 47.9 Å². The van der Waals surface area contributed by atoms with Gasteiger partial charge in [0.2, 0.25) is 0 Å². The maximum absolute atomic E-state index is 12.9. The molecule has 0 aliphatic rings. The van der Waals surface area contributed by atoms with E-state index in [0.717, 1.165) is 11.8 Å². The number of carbonyl (C=O) groups is 10. The molecule has 0 fully saturated rings. The third-order valence-electron chi connectivity index (χ3n) is 12.8. The Balaban J connectivity index is 5.85. The zero-order valence-corrected chi connectivity index (χ0v) is 58.0. The van der Waals surface area contributed by atoms with Gasteiger partial charge in [0, 0.05) is 61.5 Å². The standard InChI is InChI=1S/C59H101N5O20S5/c1-45(39-85-6)55(70)80-34-29-75-50(65)13-24-62(22-12-23-64(27-16-53(68)77-31-36-82-57(72)47(3)41-87-8)28-17-54(69)78-32-37-83-58(73)48(4)42-88-9)20-10-18-61-19-11-21-63(25-14-51(66)76-30-35-81-56(71)46(2)40-86-7)26-15-52(67)79-33-38-84-59(74)49(5)43-89-44-60/h45-49,61H,10-43H2,1-9H3. The fourth-order valence-electron chi connectivity index (χ4n) is 7.81. The van der Waals surface area contributed by atoms with Gasteiger partial charge in [0.05, 0.1) is 61.7 Å². The second-order valence-corrected chi connectivity index (χ2v) is 25.2. The zero-order chi connectivity index (χ0) is 66.5. The SMILES string of the molecule is CSCC(C)C(=O)OCCOC(=O)CCN(CCCNCCCN(CCC(=O)OCCOC(=O)C(C)CSC)CCC(=O)OCCOC(=O)C(C)CSC#N)CCCN(CCC(=O)OCCOC(=O)C(C)CSC)CCC(=O)OCCOC(=O)C(C)CSC. The van der Waals surface area contributed by atoms with Crippen LogP contribution in [0.3, 0.4) is 0 Å². The maximum Gasteiger partial charge on any atom is 0.309 e. The second-order valence-electron chi connectivity index (χ2n) is 20.8. The van der Waals surface area contributed by atoms with Gasteiger partial charge >= 0.3 is 59.7 Å². The summed E-state index contributed by atoms with van der Waals surface area (Å²) < 4.78 is 52.9. The normalized spacial score (nSPS) is 12.8. The number of thioether (sulfide) groups is 5. The average molecular weight is 1360 g/mol. The Hall–Kier alpha value is -4.22. The number of rotatable bonds is 57. The van der Waals surface area contributed by atoms with E-state index in [4.69, 9.17) is 52.6 Å². The lowest BCUT2D eigenvalue weighted by Gasteiger charge is -2.26. The molecule has 1 N–H and O–H groups in total. The number of hydrogen-bond acceptors (Lipinski definition) is 30. The molecule has 0 bridgehead atoms. The molecule has 0 aromatic carbocycles. The number of nitrogens with one attached hydrogen (secondary N) is 1. The molecular formula is C59H101N5O20S5. The van der Waals surface area contributed by atoms with Crippen molar-refractivity contribution in [3.05, 3.63) is 0 Å². The first-order valence-corrected chi connectivity index (χ1v) is 36.7. The Kier molecular flexibility index (Phi) is 53.8. The summed E-state index contributed by atoms with van der Waals surface area (Å²) in [4.78, 5) is 131. The average Bonchev–Trinajstić information content (AvgIpc) is 3.59.